The van der Waals surface area contributed by atoms with E-state index in [2.05, 4.69) is 34.0 Å². The van der Waals surface area contributed by atoms with Gasteiger partial charge in [-0.2, -0.15) is 0 Å². The average molecular weight is 233 g/mol. The van der Waals surface area contributed by atoms with Gasteiger partial charge < -0.3 is 15.1 Å². The zero-order chi connectivity index (χ0) is 11.7. The van der Waals surface area contributed by atoms with Crippen LogP contribution in [0.3, 0.4) is 0 Å². The Morgan fingerprint density at radius 2 is 2.29 bits per heavy atom. The lowest BCUT2D eigenvalue weighted by Crippen LogP contribution is -2.45. The fraction of sp³-hybridized carbons (Fsp3) is 0.538. The molecule has 0 atom stereocenters. The van der Waals surface area contributed by atoms with E-state index >= 15 is 0 Å². The molecule has 2 N–H and O–H groups in total. The third-order valence-corrected chi connectivity index (χ3v) is 3.61. The van der Waals surface area contributed by atoms with E-state index in [1.54, 1.807) is 0 Å². The smallest absolute Gasteiger partial charge is 0.0643 e. The second-order valence-electron chi connectivity index (χ2n) is 4.66. The standard InChI is InChI=1S/C13H19N3O/c1-14-16-6-5-12-10(3-2-4-13(12)16)7-15-11-8-17-9-11/h2-4,11,14-15H,5-9H2,1H3. The van der Waals surface area contributed by atoms with Crippen LogP contribution in [0.15, 0.2) is 18.2 Å². The van der Waals surface area contributed by atoms with Gasteiger partial charge in [-0.1, -0.05) is 12.1 Å². The SMILES string of the molecule is CNN1CCc2c(CNC3COC3)cccc21. The van der Waals surface area contributed by atoms with Crippen molar-refractivity contribution in [2.45, 2.75) is 19.0 Å². The number of nitrogens with one attached hydrogen (secondary N) is 2. The highest BCUT2D eigenvalue weighted by Crippen LogP contribution is 2.29. The van der Waals surface area contributed by atoms with Gasteiger partial charge in [0.05, 0.1) is 24.9 Å². The first kappa shape index (κ1) is 11.0. The van der Waals surface area contributed by atoms with Gasteiger partial charge in [0.1, 0.15) is 0 Å². The van der Waals surface area contributed by atoms with Gasteiger partial charge in [-0.3, -0.25) is 0 Å². The topological polar surface area (TPSA) is 36.5 Å². The van der Waals surface area contributed by atoms with Crippen LogP contribution in [0.25, 0.3) is 0 Å². The van der Waals surface area contributed by atoms with Gasteiger partial charge in [0.25, 0.3) is 0 Å². The van der Waals surface area contributed by atoms with Crippen molar-refractivity contribution in [3.63, 3.8) is 0 Å². The molecule has 1 aromatic rings. The van der Waals surface area contributed by atoms with Gasteiger partial charge in [0, 0.05) is 20.1 Å². The van der Waals surface area contributed by atoms with Crippen molar-refractivity contribution in [3.8, 4) is 0 Å². The molecule has 0 aromatic heterocycles. The molecule has 17 heavy (non-hydrogen) atoms. The van der Waals surface area contributed by atoms with E-state index in [0.29, 0.717) is 6.04 Å². The van der Waals surface area contributed by atoms with E-state index in [1.165, 1.54) is 16.8 Å². The third-order valence-electron chi connectivity index (χ3n) is 3.61. The molecule has 92 valence electrons. The molecule has 1 fully saturated rings. The number of nitrogens with zero attached hydrogens (tertiary/aromatic N) is 1. The Morgan fingerprint density at radius 3 is 3.00 bits per heavy atom. The molecule has 0 aliphatic carbocycles. The summed E-state index contributed by atoms with van der Waals surface area (Å²) in [5.74, 6) is 0. The van der Waals surface area contributed by atoms with Crippen LogP contribution in [-0.4, -0.2) is 32.8 Å². The minimum absolute atomic E-state index is 0.549. The van der Waals surface area contributed by atoms with Gasteiger partial charge in [0.15, 0.2) is 0 Å². The van der Waals surface area contributed by atoms with Crippen LogP contribution >= 0.6 is 0 Å². The molecule has 0 saturated carbocycles. The van der Waals surface area contributed by atoms with E-state index in [1.807, 2.05) is 7.05 Å². The zero-order valence-corrected chi connectivity index (χ0v) is 10.2. The molecule has 4 nitrogen and oxygen atoms in total. The summed E-state index contributed by atoms with van der Waals surface area (Å²) < 4.78 is 5.17. The van der Waals surface area contributed by atoms with Crippen LogP contribution in [0.4, 0.5) is 5.69 Å². The van der Waals surface area contributed by atoms with Gasteiger partial charge in [-0.05, 0) is 23.6 Å². The number of hydrazine groups is 1. The maximum atomic E-state index is 5.17. The fourth-order valence-corrected chi connectivity index (χ4v) is 2.51. The summed E-state index contributed by atoms with van der Waals surface area (Å²) in [7, 11) is 1.98. The zero-order valence-electron chi connectivity index (χ0n) is 10.2. The molecule has 2 heterocycles. The summed E-state index contributed by atoms with van der Waals surface area (Å²) >= 11 is 0. The van der Waals surface area contributed by atoms with Gasteiger partial charge in [-0.25, -0.2) is 5.43 Å². The predicted octanol–water partition coefficient (Wildman–Crippen LogP) is 0.672. The van der Waals surface area contributed by atoms with Crippen LogP contribution in [0, 0.1) is 0 Å². The number of benzene rings is 1. The Hall–Kier alpha value is -1.10. The first-order valence-electron chi connectivity index (χ1n) is 6.25. The van der Waals surface area contributed by atoms with Crippen molar-refractivity contribution in [2.24, 2.45) is 0 Å². The average Bonchev–Trinajstić information content (AvgIpc) is 2.70. The van der Waals surface area contributed by atoms with Gasteiger partial charge in [-0.15, -0.1) is 0 Å². The number of fused-ring (bicyclic) bond motifs is 1. The minimum Gasteiger partial charge on any atom is -0.378 e. The number of ether oxygens (including phenoxy) is 1. The molecule has 0 amide bonds. The lowest BCUT2D eigenvalue weighted by molar-refractivity contribution is -0.00580. The van der Waals surface area contributed by atoms with Crippen molar-refractivity contribution >= 4 is 5.69 Å². The normalized spacial score (nSPS) is 19.2. The van der Waals surface area contributed by atoms with Crippen LogP contribution < -0.4 is 15.8 Å². The Morgan fingerprint density at radius 1 is 1.41 bits per heavy atom. The van der Waals surface area contributed by atoms with E-state index in [4.69, 9.17) is 4.74 Å². The number of anilines is 1. The lowest BCUT2D eigenvalue weighted by atomic mass is 10.0. The van der Waals surface area contributed by atoms with Crippen LogP contribution in [-0.2, 0) is 17.7 Å². The highest BCUT2D eigenvalue weighted by Gasteiger charge is 2.22. The van der Waals surface area contributed by atoms with E-state index < -0.39 is 0 Å². The van der Waals surface area contributed by atoms with E-state index in [9.17, 15) is 0 Å². The molecule has 0 spiro atoms. The molecule has 0 bridgehead atoms. The van der Waals surface area contributed by atoms with Crippen molar-refractivity contribution in [2.75, 3.05) is 31.8 Å². The molecule has 0 radical (unpaired) electrons. The highest BCUT2D eigenvalue weighted by molar-refractivity contribution is 5.60. The summed E-state index contributed by atoms with van der Waals surface area (Å²) in [6, 6.07) is 7.11. The number of rotatable bonds is 4. The van der Waals surface area contributed by atoms with Crippen molar-refractivity contribution < 1.29 is 4.74 Å². The molecule has 2 aliphatic heterocycles. The Balaban J connectivity index is 1.74. The first-order chi connectivity index (χ1) is 8.38. The minimum atomic E-state index is 0.549. The van der Waals surface area contributed by atoms with Crippen molar-refractivity contribution in [1.29, 1.82) is 0 Å². The second kappa shape index (κ2) is 4.64. The number of hydrogen-bond acceptors (Lipinski definition) is 4. The maximum Gasteiger partial charge on any atom is 0.0643 e. The van der Waals surface area contributed by atoms with E-state index in [0.717, 1.165) is 32.7 Å². The maximum absolute atomic E-state index is 5.17. The molecule has 3 rings (SSSR count). The lowest BCUT2D eigenvalue weighted by Gasteiger charge is -2.27. The fourth-order valence-electron chi connectivity index (χ4n) is 2.51. The Labute approximate surface area is 102 Å². The molecular weight excluding hydrogens is 214 g/mol. The monoisotopic (exact) mass is 233 g/mol. The van der Waals surface area contributed by atoms with Crippen LogP contribution in [0.5, 0.6) is 0 Å². The Kier molecular flexibility index (Phi) is 3.01. The summed E-state index contributed by atoms with van der Waals surface area (Å²) in [6.07, 6.45) is 1.13. The first-order valence-corrected chi connectivity index (χ1v) is 6.25. The van der Waals surface area contributed by atoms with Crippen molar-refractivity contribution in [1.82, 2.24) is 10.7 Å². The molecular formula is C13H19N3O. The largest absolute Gasteiger partial charge is 0.378 e. The van der Waals surface area contributed by atoms with Gasteiger partial charge in [0.2, 0.25) is 0 Å². The summed E-state index contributed by atoms with van der Waals surface area (Å²) in [5.41, 5.74) is 7.46. The molecule has 1 saturated heterocycles. The second-order valence-corrected chi connectivity index (χ2v) is 4.66. The summed E-state index contributed by atoms with van der Waals surface area (Å²) in [4.78, 5) is 0. The summed E-state index contributed by atoms with van der Waals surface area (Å²) in [6.45, 7) is 3.74. The third kappa shape index (κ3) is 2.04. The van der Waals surface area contributed by atoms with Crippen LogP contribution in [0.2, 0.25) is 0 Å². The van der Waals surface area contributed by atoms with E-state index in [-0.39, 0.29) is 0 Å². The molecule has 2 aliphatic rings. The highest BCUT2D eigenvalue weighted by atomic mass is 16.5. The molecule has 0 unspecified atom stereocenters. The predicted molar refractivity (Wildman–Crippen MR) is 68.0 cm³/mol. The van der Waals surface area contributed by atoms with Crippen molar-refractivity contribution in [3.05, 3.63) is 29.3 Å². The summed E-state index contributed by atoms with van der Waals surface area (Å²) in [5, 5.41) is 5.75. The number of hydrogen-bond donors (Lipinski definition) is 2. The van der Waals surface area contributed by atoms with Crippen LogP contribution in [0.1, 0.15) is 11.1 Å². The molecule has 1 aromatic carbocycles. The Bertz CT molecular complexity index is 404. The van der Waals surface area contributed by atoms with Gasteiger partial charge >= 0.3 is 0 Å². The molecule has 4 heteroatoms. The quantitative estimate of drug-likeness (QED) is 0.801.